The van der Waals surface area contributed by atoms with Crippen molar-refractivity contribution >= 4 is 23.5 Å². The molecule has 0 atom stereocenters. The quantitative estimate of drug-likeness (QED) is 0.862. The summed E-state index contributed by atoms with van der Waals surface area (Å²) >= 11 is 0. The van der Waals surface area contributed by atoms with E-state index in [0.29, 0.717) is 26.2 Å². The van der Waals surface area contributed by atoms with Crippen molar-refractivity contribution in [1.29, 1.82) is 0 Å². The summed E-state index contributed by atoms with van der Waals surface area (Å²) in [6, 6.07) is 7.83. The summed E-state index contributed by atoms with van der Waals surface area (Å²) in [5, 5.41) is 3.05. The number of hydrogen-bond acceptors (Lipinski definition) is 4. The lowest BCUT2D eigenvalue weighted by molar-refractivity contribution is 0.0174. The van der Waals surface area contributed by atoms with Gasteiger partial charge in [-0.25, -0.2) is 9.59 Å². The van der Waals surface area contributed by atoms with E-state index in [2.05, 4.69) is 16.3 Å². The van der Waals surface area contributed by atoms with Gasteiger partial charge in [0.05, 0.1) is 11.4 Å². The predicted molar refractivity (Wildman–Crippen MR) is 106 cm³/mol. The number of carbonyl (C=O) groups excluding carboxylic acids is 2. The van der Waals surface area contributed by atoms with E-state index in [0.717, 1.165) is 24.5 Å². The number of nitrogens with one attached hydrogen (secondary N) is 1. The number of hydrogen-bond donors (Lipinski definition) is 1. The Labute approximate surface area is 161 Å². The lowest BCUT2D eigenvalue weighted by atomic mass is 10.2. The fraction of sp³-hybridized carbons (Fsp3) is 0.600. The third kappa shape index (κ3) is 5.05. The van der Waals surface area contributed by atoms with Crippen molar-refractivity contribution < 1.29 is 14.3 Å². The molecule has 7 nitrogen and oxygen atoms in total. The average molecular weight is 374 g/mol. The highest BCUT2D eigenvalue weighted by molar-refractivity contribution is 5.93. The minimum Gasteiger partial charge on any atom is -0.444 e. The molecule has 2 heterocycles. The van der Waals surface area contributed by atoms with Crippen molar-refractivity contribution in [3.8, 4) is 0 Å². The van der Waals surface area contributed by atoms with Crippen LogP contribution in [0, 0.1) is 0 Å². The molecule has 2 fully saturated rings. The third-order valence-corrected chi connectivity index (χ3v) is 4.81. The maximum absolute atomic E-state index is 12.7. The summed E-state index contributed by atoms with van der Waals surface area (Å²) in [4.78, 5) is 30.6. The Morgan fingerprint density at radius 2 is 1.52 bits per heavy atom. The SMILES string of the molecule is CC(C)(C)OC(=O)N1CCN(C(=O)Nc2ccccc2N2CCCC2)CC1. The second-order valence-corrected chi connectivity index (χ2v) is 8.10. The highest BCUT2D eigenvalue weighted by Gasteiger charge is 2.28. The Morgan fingerprint density at radius 3 is 2.15 bits per heavy atom. The minimum absolute atomic E-state index is 0.120. The number of nitrogens with zero attached hydrogens (tertiary/aromatic N) is 3. The van der Waals surface area contributed by atoms with Gasteiger partial charge in [0, 0.05) is 39.3 Å². The number of carbonyl (C=O) groups is 2. The Hall–Kier alpha value is -2.44. The van der Waals surface area contributed by atoms with Gasteiger partial charge in [-0.15, -0.1) is 0 Å². The lowest BCUT2D eigenvalue weighted by Crippen LogP contribution is -2.52. The third-order valence-electron chi connectivity index (χ3n) is 4.81. The van der Waals surface area contributed by atoms with Crippen LogP contribution in [0.25, 0.3) is 0 Å². The topological polar surface area (TPSA) is 65.1 Å². The summed E-state index contributed by atoms with van der Waals surface area (Å²) < 4.78 is 5.40. The van der Waals surface area contributed by atoms with Gasteiger partial charge in [0.2, 0.25) is 0 Å². The van der Waals surface area contributed by atoms with E-state index in [1.54, 1.807) is 9.80 Å². The van der Waals surface area contributed by atoms with Gasteiger partial charge in [-0.3, -0.25) is 0 Å². The largest absolute Gasteiger partial charge is 0.444 e. The lowest BCUT2D eigenvalue weighted by Gasteiger charge is -2.35. The van der Waals surface area contributed by atoms with Gasteiger partial charge < -0.3 is 24.8 Å². The predicted octanol–water partition coefficient (Wildman–Crippen LogP) is 3.37. The van der Waals surface area contributed by atoms with Crippen molar-refractivity contribution in [2.45, 2.75) is 39.2 Å². The van der Waals surface area contributed by atoms with E-state index in [9.17, 15) is 9.59 Å². The molecule has 0 saturated carbocycles. The number of amides is 3. The zero-order valence-corrected chi connectivity index (χ0v) is 16.5. The number of ether oxygens (including phenoxy) is 1. The molecule has 1 aromatic rings. The van der Waals surface area contributed by atoms with Crippen LogP contribution in [0.1, 0.15) is 33.6 Å². The van der Waals surface area contributed by atoms with Crippen LogP contribution in [0.15, 0.2) is 24.3 Å². The normalized spacial score (nSPS) is 17.8. The monoisotopic (exact) mass is 374 g/mol. The summed E-state index contributed by atoms with van der Waals surface area (Å²) in [7, 11) is 0. The number of rotatable bonds is 2. The maximum atomic E-state index is 12.7. The van der Waals surface area contributed by atoms with Gasteiger partial charge in [-0.05, 0) is 45.7 Å². The first-order valence-corrected chi connectivity index (χ1v) is 9.71. The number of urea groups is 1. The standard InChI is InChI=1S/C20H30N4O3/c1-20(2,3)27-19(26)24-14-12-23(13-15-24)18(25)21-16-8-4-5-9-17(16)22-10-6-7-11-22/h4-5,8-9H,6-7,10-15H2,1-3H3,(H,21,25). The molecule has 2 aliphatic heterocycles. The van der Waals surface area contributed by atoms with Crippen LogP contribution in [0.4, 0.5) is 21.0 Å². The van der Waals surface area contributed by atoms with Crippen molar-refractivity contribution in [3.05, 3.63) is 24.3 Å². The minimum atomic E-state index is -0.509. The fourth-order valence-corrected chi connectivity index (χ4v) is 3.43. The van der Waals surface area contributed by atoms with E-state index < -0.39 is 5.60 Å². The molecule has 0 aromatic heterocycles. The van der Waals surface area contributed by atoms with Crippen LogP contribution in [0.3, 0.4) is 0 Å². The molecule has 3 rings (SSSR count). The van der Waals surface area contributed by atoms with Crippen LogP contribution in [-0.2, 0) is 4.74 Å². The zero-order valence-electron chi connectivity index (χ0n) is 16.5. The molecule has 2 saturated heterocycles. The molecule has 1 aromatic carbocycles. The first-order chi connectivity index (χ1) is 12.8. The van der Waals surface area contributed by atoms with Crippen molar-refractivity contribution in [3.63, 3.8) is 0 Å². The molecule has 0 bridgehead atoms. The number of para-hydroxylation sites is 2. The molecular formula is C20H30N4O3. The van der Waals surface area contributed by atoms with E-state index in [-0.39, 0.29) is 12.1 Å². The molecule has 3 amide bonds. The van der Waals surface area contributed by atoms with Gasteiger partial charge in [0.15, 0.2) is 0 Å². The zero-order chi connectivity index (χ0) is 19.4. The van der Waals surface area contributed by atoms with Gasteiger partial charge >= 0.3 is 12.1 Å². The molecular weight excluding hydrogens is 344 g/mol. The Bertz CT molecular complexity index is 672. The molecule has 1 N–H and O–H groups in total. The highest BCUT2D eigenvalue weighted by atomic mass is 16.6. The van der Waals surface area contributed by atoms with E-state index in [4.69, 9.17) is 4.74 Å². The highest BCUT2D eigenvalue weighted by Crippen LogP contribution is 2.29. The van der Waals surface area contributed by atoms with Gasteiger partial charge in [0.25, 0.3) is 0 Å². The molecule has 2 aliphatic rings. The molecule has 27 heavy (non-hydrogen) atoms. The second kappa shape index (κ2) is 8.06. The Morgan fingerprint density at radius 1 is 0.926 bits per heavy atom. The second-order valence-electron chi connectivity index (χ2n) is 8.10. The van der Waals surface area contributed by atoms with Gasteiger partial charge in [-0.1, -0.05) is 12.1 Å². The number of piperazine rings is 1. The molecule has 148 valence electrons. The van der Waals surface area contributed by atoms with Gasteiger partial charge in [0.1, 0.15) is 5.60 Å². The Kier molecular flexibility index (Phi) is 5.77. The van der Waals surface area contributed by atoms with Crippen LogP contribution in [0.5, 0.6) is 0 Å². The molecule has 0 unspecified atom stereocenters. The van der Waals surface area contributed by atoms with Crippen LogP contribution in [-0.4, -0.2) is 66.8 Å². The van der Waals surface area contributed by atoms with Gasteiger partial charge in [-0.2, -0.15) is 0 Å². The van der Waals surface area contributed by atoms with Crippen molar-refractivity contribution in [2.75, 3.05) is 49.5 Å². The van der Waals surface area contributed by atoms with Crippen molar-refractivity contribution in [1.82, 2.24) is 9.80 Å². The number of anilines is 2. The summed E-state index contributed by atoms with van der Waals surface area (Å²) in [5.74, 6) is 0. The average Bonchev–Trinajstić information content (AvgIpc) is 3.15. The molecule has 7 heteroatoms. The van der Waals surface area contributed by atoms with E-state index >= 15 is 0 Å². The summed E-state index contributed by atoms with van der Waals surface area (Å²) in [5.41, 5.74) is 1.42. The Balaban J connectivity index is 1.55. The fourth-order valence-electron chi connectivity index (χ4n) is 3.43. The summed E-state index contributed by atoms with van der Waals surface area (Å²) in [6.45, 7) is 9.58. The molecule has 0 aliphatic carbocycles. The van der Waals surface area contributed by atoms with E-state index in [1.807, 2.05) is 39.0 Å². The smallest absolute Gasteiger partial charge is 0.410 e. The van der Waals surface area contributed by atoms with Crippen molar-refractivity contribution in [2.24, 2.45) is 0 Å². The molecule has 0 radical (unpaired) electrons. The first kappa shape index (κ1) is 19.3. The molecule has 0 spiro atoms. The van der Waals surface area contributed by atoms with Crippen LogP contribution >= 0.6 is 0 Å². The van der Waals surface area contributed by atoms with E-state index in [1.165, 1.54) is 12.8 Å². The summed E-state index contributed by atoms with van der Waals surface area (Å²) in [6.07, 6.45) is 2.06. The number of benzene rings is 1. The van der Waals surface area contributed by atoms with Crippen LogP contribution < -0.4 is 10.2 Å². The van der Waals surface area contributed by atoms with Crippen LogP contribution in [0.2, 0.25) is 0 Å². The first-order valence-electron chi connectivity index (χ1n) is 9.71. The maximum Gasteiger partial charge on any atom is 0.410 e.